The van der Waals surface area contributed by atoms with Crippen LogP contribution >= 0.6 is 11.8 Å². The van der Waals surface area contributed by atoms with Gasteiger partial charge in [0.1, 0.15) is 0 Å². The van der Waals surface area contributed by atoms with Gasteiger partial charge in [-0.1, -0.05) is 36.0 Å². The average Bonchev–Trinajstić information content (AvgIpc) is 2.73. The Labute approximate surface area is 169 Å². The third-order valence-electron chi connectivity index (χ3n) is 5.12. The van der Waals surface area contributed by atoms with Crippen molar-refractivity contribution < 1.29 is 9.90 Å². The summed E-state index contributed by atoms with van der Waals surface area (Å²) in [5.41, 5.74) is 3.62. The van der Waals surface area contributed by atoms with Gasteiger partial charge in [-0.05, 0) is 60.7 Å². The standard InChI is InChI=1S/C23H22N2O2S/c26-23(27)21-11-12-24-15-22(21)25-14-17-6-4-5-16-13-19(9-10-20(16)17)28-18-7-2-1-3-8-18/h1-3,7-13,15,17,25H,4-6,14H2,(H,26,27)/t17-/m1/s1. The molecule has 142 valence electrons. The molecule has 0 saturated carbocycles. The Bertz CT molecular complexity index is 975. The number of hydrogen-bond acceptors (Lipinski definition) is 4. The summed E-state index contributed by atoms with van der Waals surface area (Å²) < 4.78 is 0. The lowest BCUT2D eigenvalue weighted by atomic mass is 9.83. The van der Waals surface area contributed by atoms with Crippen LogP contribution in [0.25, 0.3) is 0 Å². The number of rotatable bonds is 6. The number of benzene rings is 2. The van der Waals surface area contributed by atoms with Crippen LogP contribution in [0.5, 0.6) is 0 Å². The SMILES string of the molecule is O=C(O)c1ccncc1NC[C@H]1CCCc2cc(Sc3ccccc3)ccc21. The van der Waals surface area contributed by atoms with Gasteiger partial charge in [-0.15, -0.1) is 0 Å². The van der Waals surface area contributed by atoms with E-state index in [1.165, 1.54) is 33.2 Å². The molecule has 1 atom stereocenters. The Morgan fingerprint density at radius 1 is 1.14 bits per heavy atom. The van der Waals surface area contributed by atoms with Crippen molar-refractivity contribution in [3.63, 3.8) is 0 Å². The molecule has 4 rings (SSSR count). The normalized spacial score (nSPS) is 15.6. The molecule has 1 heterocycles. The van der Waals surface area contributed by atoms with Crippen LogP contribution < -0.4 is 5.32 Å². The first-order chi connectivity index (χ1) is 13.7. The fourth-order valence-corrected chi connectivity index (χ4v) is 4.65. The molecule has 0 bridgehead atoms. The predicted molar refractivity (Wildman–Crippen MR) is 112 cm³/mol. The van der Waals surface area contributed by atoms with Gasteiger partial charge in [-0.2, -0.15) is 0 Å². The predicted octanol–water partition coefficient (Wildman–Crippen LogP) is 5.46. The highest BCUT2D eigenvalue weighted by atomic mass is 32.2. The number of carboxylic acid groups (broad SMARTS) is 1. The van der Waals surface area contributed by atoms with E-state index < -0.39 is 5.97 Å². The minimum absolute atomic E-state index is 0.264. The molecule has 3 aromatic rings. The number of nitrogens with one attached hydrogen (secondary N) is 1. The summed E-state index contributed by atoms with van der Waals surface area (Å²) >= 11 is 1.79. The Morgan fingerprint density at radius 3 is 2.82 bits per heavy atom. The number of fused-ring (bicyclic) bond motifs is 1. The molecule has 0 unspecified atom stereocenters. The third-order valence-corrected chi connectivity index (χ3v) is 6.12. The molecule has 1 aliphatic rings. The maximum absolute atomic E-state index is 11.4. The fraction of sp³-hybridized carbons (Fsp3) is 0.217. The van der Waals surface area contributed by atoms with E-state index in [0.29, 0.717) is 18.2 Å². The summed E-state index contributed by atoms with van der Waals surface area (Å²) in [4.78, 5) is 18.0. The molecule has 2 aromatic carbocycles. The topological polar surface area (TPSA) is 62.2 Å². The lowest BCUT2D eigenvalue weighted by molar-refractivity contribution is 0.0698. The molecule has 2 N–H and O–H groups in total. The number of carboxylic acids is 1. The molecule has 28 heavy (non-hydrogen) atoms. The zero-order valence-electron chi connectivity index (χ0n) is 15.5. The molecule has 4 nitrogen and oxygen atoms in total. The first-order valence-electron chi connectivity index (χ1n) is 9.47. The smallest absolute Gasteiger partial charge is 0.337 e. The van der Waals surface area contributed by atoms with Gasteiger partial charge in [0.15, 0.2) is 0 Å². The van der Waals surface area contributed by atoms with E-state index in [1.807, 2.05) is 6.07 Å². The quantitative estimate of drug-likeness (QED) is 0.585. The lowest BCUT2D eigenvalue weighted by Gasteiger charge is -2.27. The summed E-state index contributed by atoms with van der Waals surface area (Å²) in [5, 5.41) is 12.7. The number of anilines is 1. The molecule has 0 aliphatic heterocycles. The average molecular weight is 391 g/mol. The number of aromatic carboxylic acids is 1. The van der Waals surface area contributed by atoms with Gasteiger partial charge in [0.2, 0.25) is 0 Å². The van der Waals surface area contributed by atoms with Crippen LogP contribution in [0.2, 0.25) is 0 Å². The van der Waals surface area contributed by atoms with Crippen molar-refractivity contribution >= 4 is 23.4 Å². The Hall–Kier alpha value is -2.79. The van der Waals surface area contributed by atoms with E-state index in [9.17, 15) is 9.90 Å². The molecule has 1 aliphatic carbocycles. The van der Waals surface area contributed by atoms with Gasteiger partial charge < -0.3 is 10.4 Å². The van der Waals surface area contributed by atoms with E-state index in [4.69, 9.17) is 0 Å². The summed E-state index contributed by atoms with van der Waals surface area (Å²) in [7, 11) is 0. The van der Waals surface area contributed by atoms with Crippen molar-refractivity contribution in [1.29, 1.82) is 0 Å². The largest absolute Gasteiger partial charge is 0.478 e. The van der Waals surface area contributed by atoms with Gasteiger partial charge >= 0.3 is 5.97 Å². The Kier molecular flexibility index (Phi) is 5.63. The maximum Gasteiger partial charge on any atom is 0.337 e. The van der Waals surface area contributed by atoms with Crippen molar-refractivity contribution in [2.75, 3.05) is 11.9 Å². The molecule has 0 radical (unpaired) electrons. The third kappa shape index (κ3) is 4.20. The minimum atomic E-state index is -0.934. The van der Waals surface area contributed by atoms with Gasteiger partial charge in [0.25, 0.3) is 0 Å². The molecule has 0 amide bonds. The number of hydrogen-bond donors (Lipinski definition) is 2. The first-order valence-corrected chi connectivity index (χ1v) is 10.3. The van der Waals surface area contributed by atoms with Gasteiger partial charge in [0.05, 0.1) is 17.4 Å². The van der Waals surface area contributed by atoms with E-state index in [1.54, 1.807) is 18.0 Å². The van der Waals surface area contributed by atoms with Gasteiger partial charge in [-0.25, -0.2) is 4.79 Å². The first kappa shape index (κ1) is 18.6. The molecular weight excluding hydrogens is 368 g/mol. The van der Waals surface area contributed by atoms with E-state index in [2.05, 4.69) is 52.8 Å². The summed E-state index contributed by atoms with van der Waals surface area (Å²) in [5.74, 6) is -0.558. The second kappa shape index (κ2) is 8.48. The highest BCUT2D eigenvalue weighted by Crippen LogP contribution is 2.36. The summed E-state index contributed by atoms with van der Waals surface area (Å²) in [6.45, 7) is 0.712. The van der Waals surface area contributed by atoms with Gasteiger partial charge in [0, 0.05) is 28.5 Å². The van der Waals surface area contributed by atoms with Crippen molar-refractivity contribution in [3.05, 3.63) is 83.7 Å². The van der Waals surface area contributed by atoms with E-state index in [-0.39, 0.29) is 5.56 Å². The van der Waals surface area contributed by atoms with Crippen molar-refractivity contribution in [1.82, 2.24) is 4.98 Å². The van der Waals surface area contributed by atoms with Crippen LogP contribution in [-0.2, 0) is 6.42 Å². The van der Waals surface area contributed by atoms with E-state index in [0.717, 1.165) is 19.3 Å². The molecule has 1 aromatic heterocycles. The number of aromatic nitrogens is 1. The maximum atomic E-state index is 11.4. The summed E-state index contributed by atoms with van der Waals surface area (Å²) in [6.07, 6.45) is 6.46. The van der Waals surface area contributed by atoms with Crippen LogP contribution in [0.4, 0.5) is 5.69 Å². The van der Waals surface area contributed by atoms with Crippen LogP contribution in [0.15, 0.2) is 76.8 Å². The Morgan fingerprint density at radius 2 is 2.00 bits per heavy atom. The van der Waals surface area contributed by atoms with Crippen molar-refractivity contribution in [2.45, 2.75) is 35.0 Å². The van der Waals surface area contributed by atoms with E-state index >= 15 is 0 Å². The Balaban J connectivity index is 1.49. The number of aryl methyl sites for hydroxylation is 1. The lowest BCUT2D eigenvalue weighted by Crippen LogP contribution is -2.19. The number of carbonyl (C=O) groups is 1. The van der Waals surface area contributed by atoms with Gasteiger partial charge in [-0.3, -0.25) is 4.98 Å². The zero-order valence-corrected chi connectivity index (χ0v) is 16.3. The van der Waals surface area contributed by atoms with Crippen molar-refractivity contribution in [3.8, 4) is 0 Å². The summed E-state index contributed by atoms with van der Waals surface area (Å²) in [6, 6.07) is 18.7. The van der Waals surface area contributed by atoms with Crippen LogP contribution in [-0.4, -0.2) is 22.6 Å². The minimum Gasteiger partial charge on any atom is -0.478 e. The zero-order chi connectivity index (χ0) is 19.3. The van der Waals surface area contributed by atoms with Crippen LogP contribution in [0.3, 0.4) is 0 Å². The van der Waals surface area contributed by atoms with Crippen LogP contribution in [0, 0.1) is 0 Å². The second-order valence-corrected chi connectivity index (χ2v) is 8.12. The highest BCUT2D eigenvalue weighted by Gasteiger charge is 2.21. The fourth-order valence-electron chi connectivity index (χ4n) is 3.75. The molecule has 0 fully saturated rings. The molecule has 0 saturated heterocycles. The second-order valence-electron chi connectivity index (χ2n) is 6.97. The molecule has 5 heteroatoms. The van der Waals surface area contributed by atoms with Crippen LogP contribution in [0.1, 0.15) is 40.2 Å². The molecule has 0 spiro atoms. The monoisotopic (exact) mass is 390 g/mol. The number of pyridine rings is 1. The van der Waals surface area contributed by atoms with Crippen molar-refractivity contribution in [2.24, 2.45) is 0 Å². The highest BCUT2D eigenvalue weighted by molar-refractivity contribution is 7.99. The molecular formula is C23H22N2O2S. The number of nitrogens with zero attached hydrogens (tertiary/aromatic N) is 1.